The molecular weight excluding hydrogens is 353 g/mol. The lowest BCUT2D eigenvalue weighted by atomic mass is 10.2. The van der Waals surface area contributed by atoms with Gasteiger partial charge in [0.2, 0.25) is 0 Å². The molecule has 0 fully saturated rings. The lowest BCUT2D eigenvalue weighted by Crippen LogP contribution is -2.02. The minimum atomic E-state index is 0.619. The van der Waals surface area contributed by atoms with Gasteiger partial charge in [0.15, 0.2) is 0 Å². The molecule has 0 saturated carbocycles. The van der Waals surface area contributed by atoms with Crippen LogP contribution in [0.2, 0.25) is 10.0 Å². The standard InChI is InChI=1S/C21H19Cl2NO/c22-18-8-11-21(20(23)14-18)24-15-17-6-9-19(10-7-17)25-13-12-16-4-2-1-3-5-16/h1-11,14,24H,12-13,15H2. The van der Waals surface area contributed by atoms with E-state index in [1.165, 1.54) is 5.56 Å². The zero-order valence-electron chi connectivity index (χ0n) is 13.7. The number of nitrogens with one attached hydrogen (secondary N) is 1. The number of hydrogen-bond acceptors (Lipinski definition) is 2. The van der Waals surface area contributed by atoms with E-state index in [2.05, 4.69) is 29.6 Å². The highest BCUT2D eigenvalue weighted by Crippen LogP contribution is 2.26. The molecule has 0 bridgehead atoms. The molecule has 0 spiro atoms. The summed E-state index contributed by atoms with van der Waals surface area (Å²) >= 11 is 12.1. The van der Waals surface area contributed by atoms with Gasteiger partial charge in [0, 0.05) is 18.0 Å². The van der Waals surface area contributed by atoms with Gasteiger partial charge >= 0.3 is 0 Å². The SMILES string of the molecule is Clc1ccc(NCc2ccc(OCCc3ccccc3)cc2)c(Cl)c1. The highest BCUT2D eigenvalue weighted by Gasteiger charge is 2.02. The van der Waals surface area contributed by atoms with Crippen LogP contribution in [0.1, 0.15) is 11.1 Å². The normalized spacial score (nSPS) is 10.5. The van der Waals surface area contributed by atoms with E-state index in [1.54, 1.807) is 6.07 Å². The summed E-state index contributed by atoms with van der Waals surface area (Å²) < 4.78 is 5.80. The fraction of sp³-hybridized carbons (Fsp3) is 0.143. The van der Waals surface area contributed by atoms with Crippen LogP contribution < -0.4 is 10.1 Å². The van der Waals surface area contributed by atoms with Crippen molar-refractivity contribution < 1.29 is 4.74 Å². The van der Waals surface area contributed by atoms with Crippen molar-refractivity contribution in [3.63, 3.8) is 0 Å². The average molecular weight is 372 g/mol. The number of benzene rings is 3. The van der Waals surface area contributed by atoms with E-state index < -0.39 is 0 Å². The molecule has 0 unspecified atom stereocenters. The van der Waals surface area contributed by atoms with Gasteiger partial charge in [-0.15, -0.1) is 0 Å². The zero-order valence-corrected chi connectivity index (χ0v) is 15.2. The van der Waals surface area contributed by atoms with E-state index in [1.807, 2.05) is 42.5 Å². The van der Waals surface area contributed by atoms with E-state index >= 15 is 0 Å². The third-order valence-electron chi connectivity index (χ3n) is 3.84. The molecule has 0 saturated heterocycles. The summed E-state index contributed by atoms with van der Waals surface area (Å²) in [5, 5.41) is 4.56. The van der Waals surface area contributed by atoms with Crippen LogP contribution in [-0.4, -0.2) is 6.61 Å². The van der Waals surface area contributed by atoms with Crippen molar-refractivity contribution in [2.75, 3.05) is 11.9 Å². The van der Waals surface area contributed by atoms with Crippen LogP contribution in [0.15, 0.2) is 72.8 Å². The van der Waals surface area contributed by atoms with Gasteiger partial charge in [0.05, 0.1) is 17.3 Å². The van der Waals surface area contributed by atoms with Gasteiger partial charge in [-0.25, -0.2) is 0 Å². The maximum absolute atomic E-state index is 6.16. The summed E-state index contributed by atoms with van der Waals surface area (Å²) in [7, 11) is 0. The first-order valence-electron chi connectivity index (χ1n) is 8.15. The Labute approximate surface area is 158 Å². The smallest absolute Gasteiger partial charge is 0.119 e. The van der Waals surface area contributed by atoms with E-state index in [0.717, 1.165) is 23.4 Å². The fourth-order valence-electron chi connectivity index (χ4n) is 2.47. The Balaban J connectivity index is 1.48. The van der Waals surface area contributed by atoms with E-state index in [0.29, 0.717) is 23.2 Å². The summed E-state index contributed by atoms with van der Waals surface area (Å²) in [4.78, 5) is 0. The molecule has 0 amide bonds. The van der Waals surface area contributed by atoms with Crippen molar-refractivity contribution in [3.8, 4) is 5.75 Å². The van der Waals surface area contributed by atoms with Crippen LogP contribution in [0.4, 0.5) is 5.69 Å². The number of rotatable bonds is 7. The molecule has 4 heteroatoms. The molecule has 3 rings (SSSR count). The number of hydrogen-bond donors (Lipinski definition) is 1. The molecule has 128 valence electrons. The molecule has 2 nitrogen and oxygen atoms in total. The highest BCUT2D eigenvalue weighted by molar-refractivity contribution is 6.36. The monoisotopic (exact) mass is 371 g/mol. The van der Waals surface area contributed by atoms with Gasteiger partial charge in [-0.3, -0.25) is 0 Å². The Morgan fingerprint density at radius 3 is 2.28 bits per heavy atom. The molecule has 0 aliphatic carbocycles. The first kappa shape index (κ1) is 17.7. The molecule has 0 atom stereocenters. The van der Waals surface area contributed by atoms with Crippen molar-refractivity contribution in [2.24, 2.45) is 0 Å². The van der Waals surface area contributed by atoms with Gasteiger partial charge in [-0.05, 0) is 41.5 Å². The maximum Gasteiger partial charge on any atom is 0.119 e. The summed E-state index contributed by atoms with van der Waals surface area (Å²) in [5.74, 6) is 0.879. The molecule has 3 aromatic rings. The quantitative estimate of drug-likeness (QED) is 0.531. The van der Waals surface area contributed by atoms with Crippen molar-refractivity contribution in [1.29, 1.82) is 0 Å². The topological polar surface area (TPSA) is 21.3 Å². The molecule has 0 aliphatic heterocycles. The van der Waals surface area contributed by atoms with Crippen molar-refractivity contribution in [3.05, 3.63) is 94.0 Å². The lowest BCUT2D eigenvalue weighted by molar-refractivity contribution is 0.322. The van der Waals surface area contributed by atoms with Gasteiger partial charge in [0.25, 0.3) is 0 Å². The third-order valence-corrected chi connectivity index (χ3v) is 4.39. The molecule has 0 aromatic heterocycles. The van der Waals surface area contributed by atoms with Gasteiger partial charge in [-0.1, -0.05) is 65.7 Å². The van der Waals surface area contributed by atoms with Crippen molar-refractivity contribution >= 4 is 28.9 Å². The summed E-state index contributed by atoms with van der Waals surface area (Å²) in [5.41, 5.74) is 3.30. The van der Waals surface area contributed by atoms with Gasteiger partial charge < -0.3 is 10.1 Å². The van der Waals surface area contributed by atoms with Gasteiger partial charge in [0.1, 0.15) is 5.75 Å². The van der Waals surface area contributed by atoms with Crippen molar-refractivity contribution in [2.45, 2.75) is 13.0 Å². The third kappa shape index (κ3) is 5.42. The zero-order chi connectivity index (χ0) is 17.5. The Morgan fingerprint density at radius 1 is 0.800 bits per heavy atom. The van der Waals surface area contributed by atoms with E-state index in [4.69, 9.17) is 27.9 Å². The Morgan fingerprint density at radius 2 is 1.56 bits per heavy atom. The molecule has 3 aromatic carbocycles. The van der Waals surface area contributed by atoms with Gasteiger partial charge in [-0.2, -0.15) is 0 Å². The second-order valence-electron chi connectivity index (χ2n) is 5.71. The largest absolute Gasteiger partial charge is 0.493 e. The summed E-state index contributed by atoms with van der Waals surface area (Å²) in [6.45, 7) is 1.35. The Hall–Kier alpha value is -2.16. The first-order chi connectivity index (χ1) is 12.2. The number of halogens is 2. The van der Waals surface area contributed by atoms with Crippen LogP contribution in [0.25, 0.3) is 0 Å². The van der Waals surface area contributed by atoms with Crippen molar-refractivity contribution in [1.82, 2.24) is 0 Å². The van der Waals surface area contributed by atoms with E-state index in [-0.39, 0.29) is 0 Å². The lowest BCUT2D eigenvalue weighted by Gasteiger charge is -2.10. The van der Waals surface area contributed by atoms with Crippen LogP contribution in [0.3, 0.4) is 0 Å². The predicted molar refractivity (Wildman–Crippen MR) is 106 cm³/mol. The molecule has 1 N–H and O–H groups in total. The molecule has 25 heavy (non-hydrogen) atoms. The van der Waals surface area contributed by atoms with E-state index in [9.17, 15) is 0 Å². The van der Waals surface area contributed by atoms with Crippen LogP contribution >= 0.6 is 23.2 Å². The minimum Gasteiger partial charge on any atom is -0.493 e. The predicted octanol–water partition coefficient (Wildman–Crippen LogP) is 6.23. The Bertz CT molecular complexity index is 804. The number of ether oxygens (including phenoxy) is 1. The molecule has 0 heterocycles. The van der Waals surface area contributed by atoms with Crippen LogP contribution in [0.5, 0.6) is 5.75 Å². The fourth-order valence-corrected chi connectivity index (χ4v) is 2.94. The summed E-state index contributed by atoms with van der Waals surface area (Å²) in [6.07, 6.45) is 0.902. The van der Waals surface area contributed by atoms with Crippen LogP contribution in [0, 0.1) is 0 Å². The summed E-state index contributed by atoms with van der Waals surface area (Å²) in [6, 6.07) is 23.9. The second-order valence-corrected chi connectivity index (χ2v) is 6.55. The molecule has 0 radical (unpaired) electrons. The van der Waals surface area contributed by atoms with Crippen LogP contribution in [-0.2, 0) is 13.0 Å². The number of anilines is 1. The average Bonchev–Trinajstić information content (AvgIpc) is 2.63. The molecule has 0 aliphatic rings. The Kier molecular flexibility index (Phi) is 6.21. The minimum absolute atomic E-state index is 0.619. The second kappa shape index (κ2) is 8.80. The maximum atomic E-state index is 6.16. The molecular formula is C21H19Cl2NO. The highest BCUT2D eigenvalue weighted by atomic mass is 35.5. The first-order valence-corrected chi connectivity index (χ1v) is 8.91.